The van der Waals surface area contributed by atoms with Gasteiger partial charge in [-0.05, 0) is 102 Å². The molecule has 10 heteroatoms. The van der Waals surface area contributed by atoms with E-state index in [0.717, 1.165) is 89.9 Å². The number of carbonyl (C=O) groups is 2. The molecular weight excluding hydrogens is 988 g/mol. The van der Waals surface area contributed by atoms with Gasteiger partial charge >= 0.3 is 5.97 Å². The van der Waals surface area contributed by atoms with Gasteiger partial charge in [-0.25, -0.2) is 0 Å². The molecule has 0 aliphatic heterocycles. The van der Waals surface area contributed by atoms with Crippen molar-refractivity contribution in [1.82, 2.24) is 5.32 Å². The van der Waals surface area contributed by atoms with E-state index < -0.39 is 26.6 Å². The van der Waals surface area contributed by atoms with Crippen molar-refractivity contribution in [1.29, 1.82) is 0 Å². The fourth-order valence-corrected chi connectivity index (χ4v) is 9.99. The molecule has 0 saturated carbocycles. The van der Waals surface area contributed by atoms with Crippen molar-refractivity contribution in [3.8, 4) is 0 Å². The number of phosphoric acid groups is 1. The summed E-state index contributed by atoms with van der Waals surface area (Å²) in [5.74, 6) is -0.560. The van der Waals surface area contributed by atoms with Gasteiger partial charge in [0.15, 0.2) is 0 Å². The van der Waals surface area contributed by atoms with Gasteiger partial charge in [0.1, 0.15) is 19.3 Å². The van der Waals surface area contributed by atoms with Crippen LogP contribution >= 0.6 is 7.82 Å². The molecule has 1 amide bonds. The maximum Gasteiger partial charge on any atom is 0.306 e. The van der Waals surface area contributed by atoms with Gasteiger partial charge in [-0.15, -0.1) is 0 Å². The van der Waals surface area contributed by atoms with E-state index in [1.807, 2.05) is 33.3 Å². The number of hydrogen-bond acceptors (Lipinski definition) is 7. The van der Waals surface area contributed by atoms with E-state index in [1.165, 1.54) is 167 Å². The quantitative estimate of drug-likeness (QED) is 0.0212. The SMILES string of the molecule is CCCCC/C=C\C/C=C\C/C=C\C/C=C\CCCCCCCCCCCCCC(=O)NC(COP(=O)([O-])OCC[N+](C)(C)C)C(/C=C\CCCCCCCCCCC)OC(=O)CCCCC/C=C\CCCCCCCCC. The smallest absolute Gasteiger partial charge is 0.306 e. The molecule has 3 atom stereocenters. The summed E-state index contributed by atoms with van der Waals surface area (Å²) in [4.78, 5) is 40.0. The fourth-order valence-electron chi connectivity index (χ4n) is 9.27. The zero-order chi connectivity index (χ0) is 57.2. The number of phosphoric ester groups is 1. The second-order valence-corrected chi connectivity index (χ2v) is 24.7. The number of esters is 1. The molecule has 78 heavy (non-hydrogen) atoms. The lowest BCUT2D eigenvalue weighted by Crippen LogP contribution is -2.47. The highest BCUT2D eigenvalue weighted by molar-refractivity contribution is 7.45. The Morgan fingerprint density at radius 2 is 0.782 bits per heavy atom. The predicted octanol–water partition coefficient (Wildman–Crippen LogP) is 19.8. The third-order valence-corrected chi connectivity index (χ3v) is 15.3. The van der Waals surface area contributed by atoms with Crippen LogP contribution in [0, 0.1) is 0 Å². The first-order valence-electron chi connectivity index (χ1n) is 32.7. The lowest BCUT2D eigenvalue weighted by Gasteiger charge is -2.30. The van der Waals surface area contributed by atoms with Crippen LogP contribution in [0.4, 0.5) is 0 Å². The third-order valence-electron chi connectivity index (χ3n) is 14.4. The summed E-state index contributed by atoms with van der Waals surface area (Å²) < 4.78 is 30.3. The highest BCUT2D eigenvalue weighted by Gasteiger charge is 2.27. The summed E-state index contributed by atoms with van der Waals surface area (Å²) >= 11 is 0. The molecule has 0 aromatic heterocycles. The largest absolute Gasteiger partial charge is 0.756 e. The van der Waals surface area contributed by atoms with Crippen molar-refractivity contribution >= 4 is 19.7 Å². The van der Waals surface area contributed by atoms with Gasteiger partial charge in [-0.3, -0.25) is 14.2 Å². The van der Waals surface area contributed by atoms with Crippen molar-refractivity contribution in [3.05, 3.63) is 72.9 Å². The van der Waals surface area contributed by atoms with Gasteiger partial charge in [-0.2, -0.15) is 0 Å². The zero-order valence-electron chi connectivity index (χ0n) is 51.9. The molecular formula is C68H125N2O7P. The average molecular weight is 1110 g/mol. The first-order chi connectivity index (χ1) is 37.9. The van der Waals surface area contributed by atoms with Crippen LogP contribution in [0.25, 0.3) is 0 Å². The first kappa shape index (κ1) is 75.5. The molecule has 0 bridgehead atoms. The van der Waals surface area contributed by atoms with Gasteiger partial charge in [0.2, 0.25) is 5.91 Å². The Hall–Kier alpha value is -2.55. The Morgan fingerprint density at radius 3 is 1.22 bits per heavy atom. The van der Waals surface area contributed by atoms with Crippen LogP contribution in [0.15, 0.2) is 72.9 Å². The molecule has 0 aromatic rings. The summed E-state index contributed by atoms with van der Waals surface area (Å²) in [6.07, 6.45) is 74.5. The van der Waals surface area contributed by atoms with Gasteiger partial charge < -0.3 is 28.5 Å². The zero-order valence-corrected chi connectivity index (χ0v) is 52.8. The molecule has 0 fully saturated rings. The number of carbonyl (C=O) groups excluding carboxylic acids is 2. The Kier molecular flexibility index (Phi) is 55.8. The standard InChI is InChI=1S/C68H125N2O7P/c1-7-10-13-16-19-22-25-27-29-30-31-32-33-34-35-36-37-38-39-40-41-42-45-48-51-54-57-60-67(71)69-65(64-76-78(73,74)75-63-62-70(4,5)6)66(59-56-53-50-47-44-24-21-18-15-12-9-3)77-68(72)61-58-55-52-49-46-43-28-26-23-20-17-14-11-8-2/h19,22,27,29,31-32,34-35,43,46,56,59,65-66H,7-18,20-21,23-26,28,30,33,36-42,44-45,47-55,57-58,60-64H2,1-6H3,(H-,69,71,73,74)/b22-19-,29-27-,32-31-,35-34-,46-43-,59-56-. The number of rotatable bonds is 59. The highest BCUT2D eigenvalue weighted by Crippen LogP contribution is 2.38. The molecule has 0 aliphatic rings. The van der Waals surface area contributed by atoms with Crippen molar-refractivity contribution in [2.24, 2.45) is 0 Å². The minimum absolute atomic E-state index is 0.0266. The summed E-state index contributed by atoms with van der Waals surface area (Å²) in [7, 11) is 1.17. The minimum Gasteiger partial charge on any atom is -0.756 e. The molecule has 0 spiro atoms. The predicted molar refractivity (Wildman–Crippen MR) is 335 cm³/mol. The van der Waals surface area contributed by atoms with Crippen LogP contribution in [0.3, 0.4) is 0 Å². The Bertz CT molecular complexity index is 1570. The van der Waals surface area contributed by atoms with Gasteiger partial charge in [0.05, 0.1) is 33.8 Å². The average Bonchev–Trinajstić information content (AvgIpc) is 3.41. The van der Waals surface area contributed by atoms with Crippen molar-refractivity contribution in [2.45, 2.75) is 309 Å². The maximum atomic E-state index is 13.5. The van der Waals surface area contributed by atoms with E-state index >= 15 is 0 Å². The van der Waals surface area contributed by atoms with E-state index in [9.17, 15) is 19.0 Å². The molecule has 0 heterocycles. The Morgan fingerprint density at radius 1 is 0.449 bits per heavy atom. The summed E-state index contributed by atoms with van der Waals surface area (Å²) in [6, 6.07) is -0.897. The number of allylic oxidation sites excluding steroid dienone is 11. The van der Waals surface area contributed by atoms with Gasteiger partial charge in [0, 0.05) is 12.8 Å². The molecule has 3 unspecified atom stereocenters. The Labute approximate surface area is 483 Å². The summed E-state index contributed by atoms with van der Waals surface area (Å²) in [6.45, 7) is 6.80. The molecule has 0 rings (SSSR count). The molecule has 0 aromatic carbocycles. The Balaban J connectivity index is 5.05. The maximum absolute atomic E-state index is 13.5. The molecule has 454 valence electrons. The topological polar surface area (TPSA) is 114 Å². The lowest BCUT2D eigenvalue weighted by molar-refractivity contribution is -0.870. The number of hydrogen-bond donors (Lipinski definition) is 1. The molecule has 1 N–H and O–H groups in total. The summed E-state index contributed by atoms with van der Waals surface area (Å²) in [5.41, 5.74) is 0. The van der Waals surface area contributed by atoms with E-state index in [0.29, 0.717) is 23.9 Å². The van der Waals surface area contributed by atoms with E-state index in [-0.39, 0.29) is 24.9 Å². The van der Waals surface area contributed by atoms with Crippen LogP contribution < -0.4 is 10.2 Å². The van der Waals surface area contributed by atoms with E-state index in [4.69, 9.17) is 13.8 Å². The summed E-state index contributed by atoms with van der Waals surface area (Å²) in [5, 5.41) is 3.03. The number of nitrogens with one attached hydrogen (secondary N) is 1. The fraction of sp³-hybridized carbons (Fsp3) is 0.794. The minimum atomic E-state index is -4.70. The number of quaternary nitrogens is 1. The molecule has 0 saturated heterocycles. The third kappa shape index (κ3) is 58.1. The second kappa shape index (κ2) is 57.7. The first-order valence-corrected chi connectivity index (χ1v) is 34.2. The van der Waals surface area contributed by atoms with Crippen LogP contribution in [0.2, 0.25) is 0 Å². The molecule has 9 nitrogen and oxygen atoms in total. The second-order valence-electron chi connectivity index (χ2n) is 23.3. The number of unbranched alkanes of at least 4 members (excludes halogenated alkanes) is 33. The number of likely N-dealkylation sites (N-methyl/N-ethyl adjacent to an activating group) is 1. The van der Waals surface area contributed by atoms with Crippen molar-refractivity contribution < 1.29 is 37.3 Å². The monoisotopic (exact) mass is 1110 g/mol. The van der Waals surface area contributed by atoms with Crippen LogP contribution in [0.1, 0.15) is 297 Å². The van der Waals surface area contributed by atoms with Crippen LogP contribution in [-0.2, 0) is 27.9 Å². The van der Waals surface area contributed by atoms with Crippen LogP contribution in [-0.4, -0.2) is 69.4 Å². The van der Waals surface area contributed by atoms with Crippen molar-refractivity contribution in [3.63, 3.8) is 0 Å². The number of ether oxygens (including phenoxy) is 1. The highest BCUT2D eigenvalue weighted by atomic mass is 31.2. The number of nitrogens with zero attached hydrogens (tertiary/aromatic N) is 1. The molecule has 0 aliphatic carbocycles. The van der Waals surface area contributed by atoms with Gasteiger partial charge in [0.25, 0.3) is 7.82 Å². The van der Waals surface area contributed by atoms with Crippen LogP contribution in [0.5, 0.6) is 0 Å². The normalized spacial score (nSPS) is 14.1. The van der Waals surface area contributed by atoms with Crippen molar-refractivity contribution in [2.75, 3.05) is 40.9 Å². The van der Waals surface area contributed by atoms with E-state index in [2.05, 4.69) is 86.8 Å². The van der Waals surface area contributed by atoms with Gasteiger partial charge in [-0.1, -0.05) is 255 Å². The number of amides is 1. The lowest BCUT2D eigenvalue weighted by atomic mass is 10.0. The molecule has 0 radical (unpaired) electrons. The van der Waals surface area contributed by atoms with E-state index in [1.54, 1.807) is 0 Å².